The van der Waals surface area contributed by atoms with E-state index >= 15 is 0 Å². The van der Waals surface area contributed by atoms with Gasteiger partial charge in [0.05, 0.1) is 0 Å². The predicted octanol–water partition coefficient (Wildman–Crippen LogP) is 7.39. The molecular formula is C24H33Cl. The molecule has 0 aromatic heterocycles. The maximum absolute atomic E-state index is 6.25. The van der Waals surface area contributed by atoms with Crippen molar-refractivity contribution in [3.8, 4) is 0 Å². The van der Waals surface area contributed by atoms with Crippen molar-refractivity contribution in [1.29, 1.82) is 0 Å². The van der Waals surface area contributed by atoms with Crippen LogP contribution in [0.4, 0.5) is 0 Å². The van der Waals surface area contributed by atoms with Crippen molar-refractivity contribution in [2.24, 2.45) is 0 Å². The predicted molar refractivity (Wildman–Crippen MR) is 112 cm³/mol. The highest BCUT2D eigenvalue weighted by Crippen LogP contribution is 2.37. The van der Waals surface area contributed by atoms with Crippen molar-refractivity contribution in [3.05, 3.63) is 68.2 Å². The van der Waals surface area contributed by atoms with Crippen molar-refractivity contribution in [2.75, 3.05) is 0 Å². The van der Waals surface area contributed by atoms with Crippen LogP contribution < -0.4 is 0 Å². The molecule has 0 aliphatic rings. The van der Waals surface area contributed by atoms with Crippen LogP contribution in [0, 0.1) is 27.7 Å². The maximum atomic E-state index is 6.25. The molecule has 0 spiro atoms. The zero-order valence-corrected chi connectivity index (χ0v) is 18.2. The molecule has 25 heavy (non-hydrogen) atoms. The maximum Gasteiger partial charge on any atom is 0.0411 e. The third-order valence-corrected chi connectivity index (χ3v) is 5.56. The van der Waals surface area contributed by atoms with Crippen LogP contribution in [0.15, 0.2) is 24.3 Å². The Morgan fingerprint density at radius 1 is 0.760 bits per heavy atom. The minimum absolute atomic E-state index is 0.0634. The van der Waals surface area contributed by atoms with Crippen LogP contribution in [0.3, 0.4) is 0 Å². The van der Waals surface area contributed by atoms with Gasteiger partial charge in [-0.1, -0.05) is 58.4 Å². The number of aryl methyl sites for hydroxylation is 3. The molecular weight excluding hydrogens is 324 g/mol. The quantitative estimate of drug-likeness (QED) is 0.537. The Morgan fingerprint density at radius 2 is 1.28 bits per heavy atom. The molecule has 0 atom stereocenters. The van der Waals surface area contributed by atoms with Gasteiger partial charge in [-0.15, -0.1) is 0 Å². The Balaban J connectivity index is 2.53. The molecule has 2 aromatic carbocycles. The summed E-state index contributed by atoms with van der Waals surface area (Å²) in [7, 11) is 0. The molecule has 136 valence electrons. The van der Waals surface area contributed by atoms with Gasteiger partial charge in [0.2, 0.25) is 0 Å². The highest BCUT2D eigenvalue weighted by molar-refractivity contribution is 6.30. The van der Waals surface area contributed by atoms with Crippen LogP contribution in [0.2, 0.25) is 5.02 Å². The lowest BCUT2D eigenvalue weighted by Crippen LogP contribution is -2.25. The molecule has 2 rings (SSSR count). The summed E-state index contributed by atoms with van der Waals surface area (Å²) in [5.41, 5.74) is 10.0. The fourth-order valence-corrected chi connectivity index (χ4v) is 5.11. The normalized spacial score (nSPS) is 12.6. The molecule has 0 unspecified atom stereocenters. The standard InChI is InChI=1S/C24H33Cl/c1-15-10-11-19(18(4)22(15)23(5,6)7)14-24(8,9)21-16(2)12-20(25)13-17(21)3/h10-13H,14H2,1-9H3. The fraction of sp³-hybridized carbons (Fsp3) is 0.500. The van der Waals surface area contributed by atoms with Crippen LogP contribution in [-0.4, -0.2) is 0 Å². The second kappa shape index (κ2) is 6.80. The smallest absolute Gasteiger partial charge is 0.0411 e. The van der Waals surface area contributed by atoms with Crippen LogP contribution in [-0.2, 0) is 17.3 Å². The van der Waals surface area contributed by atoms with E-state index in [9.17, 15) is 0 Å². The summed E-state index contributed by atoms with van der Waals surface area (Å²) >= 11 is 6.25. The molecule has 0 aliphatic heterocycles. The third-order valence-electron chi connectivity index (χ3n) is 5.34. The van der Waals surface area contributed by atoms with E-state index in [2.05, 4.69) is 86.6 Å². The van der Waals surface area contributed by atoms with Crippen LogP contribution in [0.25, 0.3) is 0 Å². The van der Waals surface area contributed by atoms with Gasteiger partial charge in [-0.05, 0) is 96.0 Å². The lowest BCUT2D eigenvalue weighted by Gasteiger charge is -2.32. The molecule has 0 heterocycles. The number of hydrogen-bond donors (Lipinski definition) is 0. The zero-order chi connectivity index (χ0) is 19.2. The number of benzene rings is 2. The minimum Gasteiger partial charge on any atom is -0.0843 e. The van der Waals surface area contributed by atoms with Gasteiger partial charge in [0, 0.05) is 5.02 Å². The van der Waals surface area contributed by atoms with E-state index in [1.54, 1.807) is 0 Å². The molecule has 0 nitrogen and oxygen atoms in total. The third kappa shape index (κ3) is 4.11. The van der Waals surface area contributed by atoms with Crippen LogP contribution in [0.5, 0.6) is 0 Å². The number of halogens is 1. The molecule has 0 aliphatic carbocycles. The summed E-state index contributed by atoms with van der Waals surface area (Å²) in [5.74, 6) is 0. The number of rotatable bonds is 3. The first-order chi connectivity index (χ1) is 11.3. The van der Waals surface area contributed by atoms with E-state index in [1.165, 1.54) is 38.9 Å². The van der Waals surface area contributed by atoms with Gasteiger partial charge in [0.15, 0.2) is 0 Å². The fourth-order valence-electron chi connectivity index (χ4n) is 4.78. The van der Waals surface area contributed by atoms with E-state index in [1.807, 2.05) is 0 Å². The van der Waals surface area contributed by atoms with E-state index in [0.717, 1.165) is 11.4 Å². The van der Waals surface area contributed by atoms with Gasteiger partial charge in [-0.2, -0.15) is 0 Å². The summed E-state index contributed by atoms with van der Waals surface area (Å²) in [5, 5.41) is 0.830. The summed E-state index contributed by atoms with van der Waals surface area (Å²) in [6.45, 7) is 20.5. The van der Waals surface area contributed by atoms with E-state index in [4.69, 9.17) is 11.6 Å². The molecule has 1 heteroatoms. The van der Waals surface area contributed by atoms with Gasteiger partial charge in [-0.25, -0.2) is 0 Å². The highest BCUT2D eigenvalue weighted by Gasteiger charge is 2.28. The van der Waals surface area contributed by atoms with Gasteiger partial charge in [-0.3, -0.25) is 0 Å². The summed E-state index contributed by atoms with van der Waals surface area (Å²) < 4.78 is 0. The minimum atomic E-state index is 0.0634. The van der Waals surface area contributed by atoms with Gasteiger partial charge in [0.1, 0.15) is 0 Å². The summed E-state index contributed by atoms with van der Waals surface area (Å²) in [6, 6.07) is 8.80. The summed E-state index contributed by atoms with van der Waals surface area (Å²) in [6.07, 6.45) is 1.03. The van der Waals surface area contributed by atoms with Crippen molar-refractivity contribution in [2.45, 2.75) is 79.6 Å². The first kappa shape index (κ1) is 20.0. The molecule has 0 N–H and O–H groups in total. The monoisotopic (exact) mass is 356 g/mol. The molecule has 0 radical (unpaired) electrons. The van der Waals surface area contributed by atoms with Gasteiger partial charge < -0.3 is 0 Å². The molecule has 0 fully saturated rings. The van der Waals surface area contributed by atoms with Crippen molar-refractivity contribution < 1.29 is 0 Å². The SMILES string of the molecule is Cc1ccc(CC(C)(C)c2c(C)cc(Cl)cc2C)c(C)c1C(C)(C)C. The van der Waals surface area contributed by atoms with Gasteiger partial charge >= 0.3 is 0 Å². The Bertz CT molecular complexity index is 765. The van der Waals surface area contributed by atoms with Crippen LogP contribution >= 0.6 is 11.6 Å². The van der Waals surface area contributed by atoms with E-state index in [-0.39, 0.29) is 10.8 Å². The van der Waals surface area contributed by atoms with E-state index in [0.29, 0.717) is 0 Å². The lowest BCUT2D eigenvalue weighted by atomic mass is 9.72. The van der Waals surface area contributed by atoms with Crippen molar-refractivity contribution >= 4 is 11.6 Å². The second-order valence-electron chi connectivity index (χ2n) is 9.27. The van der Waals surface area contributed by atoms with Crippen molar-refractivity contribution in [3.63, 3.8) is 0 Å². The Kier molecular flexibility index (Phi) is 5.45. The van der Waals surface area contributed by atoms with Crippen molar-refractivity contribution in [1.82, 2.24) is 0 Å². The highest BCUT2D eigenvalue weighted by atomic mass is 35.5. The van der Waals surface area contributed by atoms with Gasteiger partial charge in [0.25, 0.3) is 0 Å². The molecule has 0 bridgehead atoms. The first-order valence-corrected chi connectivity index (χ1v) is 9.59. The van der Waals surface area contributed by atoms with Crippen LogP contribution in [0.1, 0.15) is 73.6 Å². The molecule has 0 saturated heterocycles. The molecule has 0 amide bonds. The number of hydrogen-bond acceptors (Lipinski definition) is 0. The average molecular weight is 357 g/mol. The Labute approximate surface area is 159 Å². The largest absolute Gasteiger partial charge is 0.0843 e. The topological polar surface area (TPSA) is 0 Å². The lowest BCUT2D eigenvalue weighted by molar-refractivity contribution is 0.511. The zero-order valence-electron chi connectivity index (χ0n) is 17.4. The first-order valence-electron chi connectivity index (χ1n) is 9.21. The molecule has 2 aromatic rings. The Morgan fingerprint density at radius 3 is 1.76 bits per heavy atom. The Hall–Kier alpha value is -1.27. The average Bonchev–Trinajstić information content (AvgIpc) is 2.38. The summed E-state index contributed by atoms with van der Waals surface area (Å²) in [4.78, 5) is 0. The molecule has 0 saturated carbocycles. The second-order valence-corrected chi connectivity index (χ2v) is 9.70. The van der Waals surface area contributed by atoms with E-state index < -0.39 is 0 Å².